The van der Waals surface area contributed by atoms with Crippen LogP contribution < -0.4 is 10.6 Å². The Hall–Kier alpha value is -1.02. The SMILES string of the molecule is CC.COCCn1c(C)cc2c1=CCCC=2. The summed E-state index contributed by atoms with van der Waals surface area (Å²) in [5.74, 6) is 0. The van der Waals surface area contributed by atoms with Crippen LogP contribution in [0.15, 0.2) is 6.07 Å². The minimum Gasteiger partial charge on any atom is -0.383 e. The maximum absolute atomic E-state index is 5.12. The highest BCUT2D eigenvalue weighted by molar-refractivity contribution is 5.37. The molecule has 0 aliphatic heterocycles. The van der Waals surface area contributed by atoms with Gasteiger partial charge in [-0.3, -0.25) is 0 Å². The summed E-state index contributed by atoms with van der Waals surface area (Å²) < 4.78 is 7.46. The zero-order chi connectivity index (χ0) is 12.0. The second-order valence-electron chi connectivity index (χ2n) is 3.76. The van der Waals surface area contributed by atoms with Gasteiger partial charge in [-0.2, -0.15) is 0 Å². The maximum Gasteiger partial charge on any atom is 0.0642 e. The molecule has 1 aromatic heterocycles. The molecule has 2 rings (SSSR count). The van der Waals surface area contributed by atoms with E-state index in [9.17, 15) is 0 Å². The summed E-state index contributed by atoms with van der Waals surface area (Å²) in [6.07, 6.45) is 7.01. The third-order valence-electron chi connectivity index (χ3n) is 2.76. The van der Waals surface area contributed by atoms with Gasteiger partial charge >= 0.3 is 0 Å². The Labute approximate surface area is 98.2 Å². The highest BCUT2D eigenvalue weighted by Gasteiger charge is 2.03. The van der Waals surface area contributed by atoms with Crippen LogP contribution in [0.3, 0.4) is 0 Å². The largest absolute Gasteiger partial charge is 0.383 e. The van der Waals surface area contributed by atoms with Gasteiger partial charge in [0.2, 0.25) is 0 Å². The molecule has 0 atom stereocenters. The molecular weight excluding hydrogens is 198 g/mol. The second kappa shape index (κ2) is 6.54. The third kappa shape index (κ3) is 2.76. The second-order valence-corrected chi connectivity index (χ2v) is 3.76. The first kappa shape index (κ1) is 13.0. The van der Waals surface area contributed by atoms with Crippen LogP contribution in [-0.2, 0) is 11.3 Å². The van der Waals surface area contributed by atoms with Crippen LogP contribution >= 0.6 is 0 Å². The van der Waals surface area contributed by atoms with Crippen molar-refractivity contribution in [1.29, 1.82) is 0 Å². The molecule has 2 heteroatoms. The van der Waals surface area contributed by atoms with E-state index in [0.29, 0.717) is 0 Å². The zero-order valence-corrected chi connectivity index (χ0v) is 10.9. The highest BCUT2D eigenvalue weighted by atomic mass is 16.5. The lowest BCUT2D eigenvalue weighted by Gasteiger charge is -2.06. The standard InChI is InChI=1S/C12H17NO.C2H6/c1-10-9-11-5-3-4-6-12(11)13(10)7-8-14-2;1-2/h5-6,9H,3-4,7-8H2,1-2H3;1-2H3. The molecule has 1 heterocycles. The van der Waals surface area contributed by atoms with Gasteiger partial charge in [0.05, 0.1) is 6.61 Å². The average molecular weight is 221 g/mol. The number of fused-ring (bicyclic) bond motifs is 1. The van der Waals surface area contributed by atoms with Crippen LogP contribution in [0.1, 0.15) is 32.4 Å². The van der Waals surface area contributed by atoms with E-state index in [1.165, 1.54) is 29.1 Å². The number of aryl methyl sites for hydroxylation is 1. The number of rotatable bonds is 3. The normalized spacial score (nSPS) is 13.0. The fourth-order valence-corrected chi connectivity index (χ4v) is 2.05. The van der Waals surface area contributed by atoms with Gasteiger partial charge in [0, 0.05) is 24.7 Å². The van der Waals surface area contributed by atoms with Crippen molar-refractivity contribution in [3.63, 3.8) is 0 Å². The van der Waals surface area contributed by atoms with Gasteiger partial charge in [-0.25, -0.2) is 0 Å². The van der Waals surface area contributed by atoms with Gasteiger partial charge in [0.1, 0.15) is 0 Å². The van der Waals surface area contributed by atoms with Gasteiger partial charge in [-0.1, -0.05) is 26.0 Å². The summed E-state index contributed by atoms with van der Waals surface area (Å²) in [4.78, 5) is 0. The van der Waals surface area contributed by atoms with Crippen LogP contribution in [0, 0.1) is 6.92 Å². The van der Waals surface area contributed by atoms with Gasteiger partial charge in [-0.05, 0) is 31.1 Å². The molecule has 2 nitrogen and oxygen atoms in total. The number of hydrogen-bond acceptors (Lipinski definition) is 1. The molecule has 0 radical (unpaired) electrons. The summed E-state index contributed by atoms with van der Waals surface area (Å²) in [6.45, 7) is 7.91. The van der Waals surface area contributed by atoms with Gasteiger partial charge in [-0.15, -0.1) is 0 Å². The van der Waals surface area contributed by atoms with Gasteiger partial charge in [0.25, 0.3) is 0 Å². The van der Waals surface area contributed by atoms with E-state index in [2.05, 4.69) is 29.7 Å². The molecule has 0 amide bonds. The van der Waals surface area contributed by atoms with E-state index in [-0.39, 0.29) is 0 Å². The van der Waals surface area contributed by atoms with Crippen molar-refractivity contribution in [2.24, 2.45) is 0 Å². The van der Waals surface area contributed by atoms with Crippen LogP contribution in [0.4, 0.5) is 0 Å². The number of aromatic nitrogens is 1. The Morgan fingerprint density at radius 2 is 1.94 bits per heavy atom. The van der Waals surface area contributed by atoms with E-state index in [0.717, 1.165) is 13.2 Å². The molecule has 1 aliphatic carbocycles. The molecule has 0 spiro atoms. The molecule has 0 fully saturated rings. The van der Waals surface area contributed by atoms with Crippen LogP contribution in [0.25, 0.3) is 12.2 Å². The summed E-state index contributed by atoms with van der Waals surface area (Å²) in [5.41, 5.74) is 1.33. The van der Waals surface area contributed by atoms with E-state index < -0.39 is 0 Å². The van der Waals surface area contributed by atoms with Crippen molar-refractivity contribution in [3.05, 3.63) is 22.3 Å². The van der Waals surface area contributed by atoms with E-state index in [1.807, 2.05) is 13.8 Å². The van der Waals surface area contributed by atoms with Crippen molar-refractivity contribution in [3.8, 4) is 0 Å². The van der Waals surface area contributed by atoms with Crippen molar-refractivity contribution >= 4 is 12.2 Å². The fraction of sp³-hybridized carbons (Fsp3) is 0.571. The Balaban J connectivity index is 0.000000606. The van der Waals surface area contributed by atoms with Crippen molar-refractivity contribution in [2.75, 3.05) is 13.7 Å². The average Bonchev–Trinajstić information content (AvgIpc) is 2.65. The Morgan fingerprint density at radius 1 is 1.25 bits per heavy atom. The molecule has 1 aromatic rings. The summed E-state index contributed by atoms with van der Waals surface area (Å²) in [6, 6.07) is 2.26. The maximum atomic E-state index is 5.12. The molecule has 0 saturated carbocycles. The molecule has 0 bridgehead atoms. The minimum absolute atomic E-state index is 0.788. The fourth-order valence-electron chi connectivity index (χ4n) is 2.05. The molecule has 16 heavy (non-hydrogen) atoms. The van der Waals surface area contributed by atoms with E-state index >= 15 is 0 Å². The first-order chi connectivity index (χ1) is 7.83. The molecule has 0 N–H and O–H groups in total. The highest BCUT2D eigenvalue weighted by Crippen LogP contribution is 1.98. The minimum atomic E-state index is 0.788. The Morgan fingerprint density at radius 3 is 2.62 bits per heavy atom. The van der Waals surface area contributed by atoms with Crippen LogP contribution in [0.2, 0.25) is 0 Å². The summed E-state index contributed by atoms with van der Waals surface area (Å²) in [5, 5.41) is 2.77. The molecular formula is C14H23NO. The first-order valence-corrected chi connectivity index (χ1v) is 6.18. The number of ether oxygens (including phenoxy) is 1. The molecule has 0 saturated heterocycles. The Kier molecular flexibility index (Phi) is 5.33. The Bertz CT molecular complexity index is 428. The predicted octanol–water partition coefficient (Wildman–Crippen LogP) is 1.82. The molecule has 0 aromatic carbocycles. The molecule has 0 unspecified atom stereocenters. The van der Waals surface area contributed by atoms with Crippen molar-refractivity contribution in [2.45, 2.75) is 40.2 Å². The lowest BCUT2D eigenvalue weighted by Crippen LogP contribution is -2.31. The zero-order valence-electron chi connectivity index (χ0n) is 10.9. The van der Waals surface area contributed by atoms with Gasteiger partial charge < -0.3 is 9.30 Å². The van der Waals surface area contributed by atoms with E-state index in [4.69, 9.17) is 4.74 Å². The number of methoxy groups -OCH3 is 1. The number of nitrogens with zero attached hydrogens (tertiary/aromatic N) is 1. The lowest BCUT2D eigenvalue weighted by molar-refractivity contribution is 0.186. The van der Waals surface area contributed by atoms with Gasteiger partial charge in [0.15, 0.2) is 0 Å². The lowest BCUT2D eigenvalue weighted by atomic mass is 10.2. The topological polar surface area (TPSA) is 14.2 Å². The smallest absolute Gasteiger partial charge is 0.0642 e. The molecule has 90 valence electrons. The third-order valence-corrected chi connectivity index (χ3v) is 2.76. The summed E-state index contributed by atoms with van der Waals surface area (Å²) >= 11 is 0. The quantitative estimate of drug-likeness (QED) is 0.759. The molecule has 1 aliphatic rings. The monoisotopic (exact) mass is 221 g/mol. The van der Waals surface area contributed by atoms with Crippen molar-refractivity contribution < 1.29 is 4.74 Å². The van der Waals surface area contributed by atoms with E-state index in [1.54, 1.807) is 7.11 Å². The van der Waals surface area contributed by atoms with Crippen LogP contribution in [0.5, 0.6) is 0 Å². The van der Waals surface area contributed by atoms with Crippen molar-refractivity contribution in [1.82, 2.24) is 4.57 Å². The predicted molar refractivity (Wildman–Crippen MR) is 69.8 cm³/mol. The number of hydrogen-bond donors (Lipinski definition) is 0. The summed E-state index contributed by atoms with van der Waals surface area (Å²) in [7, 11) is 1.75. The first-order valence-electron chi connectivity index (χ1n) is 6.18. The van der Waals surface area contributed by atoms with Crippen LogP contribution in [-0.4, -0.2) is 18.3 Å².